The standard InChI is InChI=1S/C11H12N2/c1-13-6-5-9-3-2-4-10(7-12)11(9)8-13/h2-4H,5-6,8H2,1H3. The van der Waals surface area contributed by atoms with Crippen molar-refractivity contribution >= 4 is 0 Å². The second-order valence-electron chi connectivity index (χ2n) is 3.54. The number of nitriles is 1. The summed E-state index contributed by atoms with van der Waals surface area (Å²) in [4.78, 5) is 2.25. The molecule has 2 heteroatoms. The van der Waals surface area contributed by atoms with Gasteiger partial charge in [-0.2, -0.15) is 5.26 Å². The Bertz CT molecular complexity index is 363. The Balaban J connectivity index is 2.48. The maximum Gasteiger partial charge on any atom is 0.0995 e. The molecule has 0 fully saturated rings. The van der Waals surface area contributed by atoms with Crippen LogP contribution in [0, 0.1) is 11.3 Å². The Morgan fingerprint density at radius 1 is 1.46 bits per heavy atom. The molecule has 13 heavy (non-hydrogen) atoms. The van der Waals surface area contributed by atoms with Crippen molar-refractivity contribution in [2.75, 3.05) is 13.6 Å². The van der Waals surface area contributed by atoms with Crippen LogP contribution in [0.15, 0.2) is 18.2 Å². The average Bonchev–Trinajstić information content (AvgIpc) is 2.17. The molecule has 0 atom stereocenters. The first-order chi connectivity index (χ1) is 6.31. The van der Waals surface area contributed by atoms with Crippen molar-refractivity contribution in [1.29, 1.82) is 5.26 Å². The molecule has 0 N–H and O–H groups in total. The Hall–Kier alpha value is -1.33. The summed E-state index contributed by atoms with van der Waals surface area (Å²) in [6, 6.07) is 8.25. The van der Waals surface area contributed by atoms with Gasteiger partial charge in [0.1, 0.15) is 0 Å². The van der Waals surface area contributed by atoms with Gasteiger partial charge in [0.2, 0.25) is 0 Å². The SMILES string of the molecule is CN1CCc2cccc(C#N)c2C1. The molecule has 1 aliphatic rings. The number of hydrogen-bond acceptors (Lipinski definition) is 2. The van der Waals surface area contributed by atoms with Gasteiger partial charge in [0.05, 0.1) is 11.6 Å². The molecule has 0 unspecified atom stereocenters. The van der Waals surface area contributed by atoms with Crippen molar-refractivity contribution in [2.24, 2.45) is 0 Å². The van der Waals surface area contributed by atoms with E-state index in [1.165, 1.54) is 11.1 Å². The van der Waals surface area contributed by atoms with Gasteiger partial charge >= 0.3 is 0 Å². The second-order valence-corrected chi connectivity index (χ2v) is 3.54. The number of benzene rings is 1. The first-order valence-electron chi connectivity index (χ1n) is 4.50. The third-order valence-electron chi connectivity index (χ3n) is 2.58. The number of rotatable bonds is 0. The van der Waals surface area contributed by atoms with Gasteiger partial charge in [-0.1, -0.05) is 12.1 Å². The lowest BCUT2D eigenvalue weighted by molar-refractivity contribution is 0.312. The van der Waals surface area contributed by atoms with Crippen LogP contribution >= 0.6 is 0 Å². The van der Waals surface area contributed by atoms with E-state index in [1.54, 1.807) is 0 Å². The molecule has 0 aromatic heterocycles. The van der Waals surface area contributed by atoms with Crippen LogP contribution in [0.3, 0.4) is 0 Å². The van der Waals surface area contributed by atoms with Crippen molar-refractivity contribution < 1.29 is 0 Å². The first-order valence-corrected chi connectivity index (χ1v) is 4.50. The minimum atomic E-state index is 0.837. The smallest absolute Gasteiger partial charge is 0.0995 e. The molecular formula is C11H12N2. The van der Waals surface area contributed by atoms with Crippen LogP contribution < -0.4 is 0 Å². The Labute approximate surface area is 78.4 Å². The van der Waals surface area contributed by atoms with Crippen molar-refractivity contribution in [3.05, 3.63) is 34.9 Å². The summed E-state index contributed by atoms with van der Waals surface area (Å²) < 4.78 is 0. The quantitative estimate of drug-likeness (QED) is 0.593. The number of nitrogens with zero attached hydrogens (tertiary/aromatic N) is 2. The van der Waals surface area contributed by atoms with E-state index in [1.807, 2.05) is 12.1 Å². The molecule has 1 aromatic carbocycles. The normalized spacial score (nSPS) is 16.3. The fraction of sp³-hybridized carbons (Fsp3) is 0.364. The highest BCUT2D eigenvalue weighted by Crippen LogP contribution is 2.20. The van der Waals surface area contributed by atoms with E-state index in [9.17, 15) is 0 Å². The zero-order valence-electron chi connectivity index (χ0n) is 7.75. The van der Waals surface area contributed by atoms with Gasteiger partial charge in [0.15, 0.2) is 0 Å². The topological polar surface area (TPSA) is 27.0 Å². The monoisotopic (exact) mass is 172 g/mol. The predicted molar refractivity (Wildman–Crippen MR) is 51.2 cm³/mol. The molecule has 0 amide bonds. The fourth-order valence-electron chi connectivity index (χ4n) is 1.82. The lowest BCUT2D eigenvalue weighted by atomic mass is 9.96. The molecule has 2 nitrogen and oxygen atoms in total. The van der Waals surface area contributed by atoms with E-state index in [-0.39, 0.29) is 0 Å². The molecule has 0 radical (unpaired) electrons. The van der Waals surface area contributed by atoms with Crippen LogP contribution in [0.25, 0.3) is 0 Å². The first kappa shape index (κ1) is 8.28. The van der Waals surface area contributed by atoms with Crippen LogP contribution in [0.2, 0.25) is 0 Å². The number of hydrogen-bond donors (Lipinski definition) is 0. The molecule has 1 aromatic rings. The molecule has 0 spiro atoms. The summed E-state index contributed by atoms with van der Waals surface area (Å²) in [5, 5.41) is 8.91. The van der Waals surface area contributed by atoms with Crippen molar-refractivity contribution in [3.63, 3.8) is 0 Å². The van der Waals surface area contributed by atoms with Gasteiger partial charge in [-0.25, -0.2) is 0 Å². The summed E-state index contributed by atoms with van der Waals surface area (Å²) in [6.45, 7) is 2.01. The maximum absolute atomic E-state index is 8.91. The van der Waals surface area contributed by atoms with Crippen LogP contribution in [-0.2, 0) is 13.0 Å². The van der Waals surface area contributed by atoms with E-state index in [4.69, 9.17) is 5.26 Å². The minimum absolute atomic E-state index is 0.837. The average molecular weight is 172 g/mol. The lowest BCUT2D eigenvalue weighted by Crippen LogP contribution is -2.27. The minimum Gasteiger partial charge on any atom is -0.302 e. The highest BCUT2D eigenvalue weighted by atomic mass is 15.1. The molecule has 0 saturated carbocycles. The number of fused-ring (bicyclic) bond motifs is 1. The zero-order valence-corrected chi connectivity index (χ0v) is 7.75. The van der Waals surface area contributed by atoms with Crippen molar-refractivity contribution in [3.8, 4) is 6.07 Å². The molecule has 66 valence electrons. The fourth-order valence-corrected chi connectivity index (χ4v) is 1.82. The largest absolute Gasteiger partial charge is 0.302 e. The van der Waals surface area contributed by atoms with Gasteiger partial charge in [0.25, 0.3) is 0 Å². The number of likely N-dealkylation sites (N-methyl/N-ethyl adjacent to an activating group) is 1. The summed E-state index contributed by atoms with van der Waals surface area (Å²) in [5.74, 6) is 0. The van der Waals surface area contributed by atoms with Gasteiger partial charge < -0.3 is 4.90 Å². The van der Waals surface area contributed by atoms with Gasteiger partial charge in [-0.05, 0) is 30.7 Å². The third kappa shape index (κ3) is 1.43. The van der Waals surface area contributed by atoms with Crippen molar-refractivity contribution in [2.45, 2.75) is 13.0 Å². The predicted octanol–water partition coefficient (Wildman–Crippen LogP) is 1.55. The molecule has 1 aliphatic heterocycles. The van der Waals surface area contributed by atoms with Gasteiger partial charge in [-0.3, -0.25) is 0 Å². The van der Waals surface area contributed by atoms with E-state index in [0.29, 0.717) is 0 Å². The van der Waals surface area contributed by atoms with Crippen LogP contribution in [0.5, 0.6) is 0 Å². The summed E-state index contributed by atoms with van der Waals surface area (Å²) >= 11 is 0. The van der Waals surface area contributed by atoms with Crippen LogP contribution in [-0.4, -0.2) is 18.5 Å². The summed E-state index contributed by atoms with van der Waals surface area (Å²) in [6.07, 6.45) is 1.07. The van der Waals surface area contributed by atoms with Gasteiger partial charge in [0, 0.05) is 13.1 Å². The third-order valence-corrected chi connectivity index (χ3v) is 2.58. The second kappa shape index (κ2) is 3.20. The van der Waals surface area contributed by atoms with E-state index in [0.717, 1.165) is 25.1 Å². The Morgan fingerprint density at radius 3 is 3.08 bits per heavy atom. The molecular weight excluding hydrogens is 160 g/mol. The summed E-state index contributed by atoms with van der Waals surface area (Å²) in [5.41, 5.74) is 3.40. The zero-order chi connectivity index (χ0) is 9.26. The highest BCUT2D eigenvalue weighted by molar-refractivity contribution is 5.43. The van der Waals surface area contributed by atoms with Gasteiger partial charge in [-0.15, -0.1) is 0 Å². The molecule has 0 saturated heterocycles. The maximum atomic E-state index is 8.91. The Morgan fingerprint density at radius 2 is 2.31 bits per heavy atom. The van der Waals surface area contributed by atoms with E-state index in [2.05, 4.69) is 24.1 Å². The lowest BCUT2D eigenvalue weighted by Gasteiger charge is -2.25. The van der Waals surface area contributed by atoms with Crippen molar-refractivity contribution in [1.82, 2.24) is 4.90 Å². The summed E-state index contributed by atoms with van der Waals surface area (Å²) in [7, 11) is 2.09. The molecule has 0 bridgehead atoms. The highest BCUT2D eigenvalue weighted by Gasteiger charge is 2.15. The van der Waals surface area contributed by atoms with Crippen LogP contribution in [0.1, 0.15) is 16.7 Å². The van der Waals surface area contributed by atoms with E-state index >= 15 is 0 Å². The molecule has 0 aliphatic carbocycles. The molecule has 2 rings (SSSR count). The van der Waals surface area contributed by atoms with Crippen LogP contribution in [0.4, 0.5) is 0 Å². The molecule has 1 heterocycles. The Kier molecular flexibility index (Phi) is 2.03. The van der Waals surface area contributed by atoms with E-state index < -0.39 is 0 Å².